The lowest BCUT2D eigenvalue weighted by molar-refractivity contribution is -0.152. The first kappa shape index (κ1) is 22.6. The van der Waals surface area contributed by atoms with Crippen molar-refractivity contribution < 1.29 is 14.3 Å². The van der Waals surface area contributed by atoms with E-state index in [1.165, 1.54) is 16.2 Å². The van der Waals surface area contributed by atoms with Gasteiger partial charge in [-0.15, -0.1) is 11.8 Å². The van der Waals surface area contributed by atoms with E-state index in [9.17, 15) is 9.59 Å². The lowest BCUT2D eigenvalue weighted by atomic mass is 10.0. The molecule has 0 aliphatic carbocycles. The molecule has 5 rings (SSSR count). The summed E-state index contributed by atoms with van der Waals surface area (Å²) in [6.45, 7) is 0. The molecule has 2 aromatic carbocycles. The highest BCUT2D eigenvalue weighted by molar-refractivity contribution is 8.00. The van der Waals surface area contributed by atoms with Gasteiger partial charge in [-0.1, -0.05) is 72.0 Å². The Hall–Kier alpha value is -3.14. The molecule has 0 bridgehead atoms. The maximum Gasteiger partial charge on any atom is 0.356 e. The van der Waals surface area contributed by atoms with E-state index in [1.807, 2.05) is 79.7 Å². The van der Waals surface area contributed by atoms with Crippen LogP contribution in [0.2, 0.25) is 0 Å². The number of thiazole rings is 1. The molecule has 2 atom stereocenters. The van der Waals surface area contributed by atoms with E-state index >= 15 is 0 Å². The van der Waals surface area contributed by atoms with Gasteiger partial charge in [-0.3, -0.25) is 9.69 Å². The smallest absolute Gasteiger partial charge is 0.356 e. The maximum atomic E-state index is 13.8. The van der Waals surface area contributed by atoms with Crippen LogP contribution in [-0.2, 0) is 14.3 Å². The third kappa shape index (κ3) is 4.00. The average molecular weight is 493 g/mol. The summed E-state index contributed by atoms with van der Waals surface area (Å²) in [6.07, 6.45) is 1.14. The van der Waals surface area contributed by atoms with Crippen molar-refractivity contribution in [1.82, 2.24) is 9.88 Å². The maximum absolute atomic E-state index is 13.8. The summed E-state index contributed by atoms with van der Waals surface area (Å²) in [5, 5.41) is 0.548. The quantitative estimate of drug-likeness (QED) is 0.416. The summed E-state index contributed by atoms with van der Waals surface area (Å²) in [5.41, 5.74) is 8.76. The fourth-order valence-electron chi connectivity index (χ4n) is 4.05. The first-order valence-electron chi connectivity index (χ1n) is 10.8. The molecule has 3 heterocycles. The molecule has 2 unspecified atom stereocenters. The van der Waals surface area contributed by atoms with Crippen LogP contribution in [0.15, 0.2) is 72.6 Å². The summed E-state index contributed by atoms with van der Waals surface area (Å²) < 4.78 is 6.14. The van der Waals surface area contributed by atoms with Gasteiger partial charge in [0.2, 0.25) is 5.91 Å². The normalized spacial score (nSPS) is 19.6. The molecule has 3 aromatic rings. The SMILES string of the molecule is CN(C)c1ncc(C2=C(C(=O)OC(c3ccccc3)c3ccccc3)N3C(=O)C(N)C3SC2)s1. The van der Waals surface area contributed by atoms with E-state index in [0.29, 0.717) is 5.75 Å². The zero-order valence-corrected chi connectivity index (χ0v) is 20.4. The number of hydrogen-bond donors (Lipinski definition) is 1. The van der Waals surface area contributed by atoms with Crippen LogP contribution in [0.5, 0.6) is 0 Å². The number of thioether (sulfide) groups is 1. The predicted molar refractivity (Wildman–Crippen MR) is 135 cm³/mol. The van der Waals surface area contributed by atoms with Crippen LogP contribution in [0.3, 0.4) is 0 Å². The number of amides is 1. The molecule has 0 radical (unpaired) electrons. The van der Waals surface area contributed by atoms with E-state index in [1.54, 1.807) is 18.0 Å². The summed E-state index contributed by atoms with van der Waals surface area (Å²) in [5.74, 6) is -0.267. The first-order valence-corrected chi connectivity index (χ1v) is 12.7. The summed E-state index contributed by atoms with van der Waals surface area (Å²) >= 11 is 3.03. The number of fused-ring (bicyclic) bond motifs is 1. The molecule has 7 nitrogen and oxygen atoms in total. The molecule has 2 N–H and O–H groups in total. The molecular weight excluding hydrogens is 468 g/mol. The molecule has 1 amide bonds. The zero-order chi connectivity index (χ0) is 23.8. The Balaban J connectivity index is 1.56. The topological polar surface area (TPSA) is 88.8 Å². The monoisotopic (exact) mass is 492 g/mol. The molecule has 0 saturated carbocycles. The van der Waals surface area contributed by atoms with E-state index in [4.69, 9.17) is 10.5 Å². The van der Waals surface area contributed by atoms with Crippen molar-refractivity contribution >= 4 is 45.7 Å². The van der Waals surface area contributed by atoms with Crippen molar-refractivity contribution in [2.45, 2.75) is 17.5 Å². The lowest BCUT2D eigenvalue weighted by Gasteiger charge is -2.48. The number of nitrogens with zero attached hydrogens (tertiary/aromatic N) is 3. The number of esters is 1. The summed E-state index contributed by atoms with van der Waals surface area (Å²) in [4.78, 5) is 35.2. The molecule has 9 heteroatoms. The average Bonchev–Trinajstić information content (AvgIpc) is 3.37. The number of nitrogens with two attached hydrogens (primary N) is 1. The van der Waals surface area contributed by atoms with Crippen LogP contribution >= 0.6 is 23.1 Å². The second-order valence-corrected chi connectivity index (χ2v) is 10.4. The molecule has 1 aromatic heterocycles. The third-order valence-corrected chi connectivity index (χ3v) is 8.33. The number of ether oxygens (including phenoxy) is 1. The molecule has 2 aliphatic heterocycles. The van der Waals surface area contributed by atoms with Gasteiger partial charge >= 0.3 is 5.97 Å². The van der Waals surface area contributed by atoms with Crippen molar-refractivity contribution in [3.63, 3.8) is 0 Å². The Morgan fingerprint density at radius 3 is 2.29 bits per heavy atom. The number of aromatic nitrogens is 1. The second-order valence-electron chi connectivity index (χ2n) is 8.27. The number of β-lactam (4-membered cyclic amide) rings is 1. The fraction of sp³-hybridized carbons (Fsp3) is 0.240. The molecule has 0 spiro atoms. The van der Waals surface area contributed by atoms with E-state index in [0.717, 1.165) is 26.7 Å². The van der Waals surface area contributed by atoms with Gasteiger partial charge in [-0.25, -0.2) is 9.78 Å². The van der Waals surface area contributed by atoms with Gasteiger partial charge < -0.3 is 15.4 Å². The third-order valence-electron chi connectivity index (χ3n) is 5.81. The van der Waals surface area contributed by atoms with E-state index in [-0.39, 0.29) is 17.0 Å². The van der Waals surface area contributed by atoms with Crippen LogP contribution in [0.1, 0.15) is 22.1 Å². The van der Waals surface area contributed by atoms with Crippen molar-refractivity contribution in [2.75, 3.05) is 24.7 Å². The molecule has 174 valence electrons. The van der Waals surface area contributed by atoms with Crippen LogP contribution in [0.4, 0.5) is 5.13 Å². The van der Waals surface area contributed by atoms with Crippen molar-refractivity contribution in [2.24, 2.45) is 5.73 Å². The Kier molecular flexibility index (Phi) is 6.16. The van der Waals surface area contributed by atoms with Gasteiger partial charge in [0.25, 0.3) is 0 Å². The fourth-order valence-corrected chi connectivity index (χ4v) is 6.34. The minimum atomic E-state index is -0.618. The Morgan fingerprint density at radius 2 is 1.74 bits per heavy atom. The van der Waals surface area contributed by atoms with Crippen LogP contribution < -0.4 is 10.6 Å². The number of carbonyl (C=O) groups is 2. The number of anilines is 1. The highest BCUT2D eigenvalue weighted by Crippen LogP contribution is 2.45. The first-order chi connectivity index (χ1) is 16.5. The lowest BCUT2D eigenvalue weighted by Crippen LogP contribution is -2.68. The van der Waals surface area contributed by atoms with Gasteiger partial charge in [-0.2, -0.15) is 0 Å². The molecular formula is C25H24N4O3S2. The van der Waals surface area contributed by atoms with Gasteiger partial charge in [0.1, 0.15) is 17.1 Å². The molecule has 1 fully saturated rings. The van der Waals surface area contributed by atoms with E-state index in [2.05, 4.69) is 4.98 Å². The second kappa shape index (κ2) is 9.25. The number of carbonyl (C=O) groups excluding carboxylic acids is 2. The largest absolute Gasteiger partial charge is 0.448 e. The molecule has 34 heavy (non-hydrogen) atoms. The minimum absolute atomic E-state index is 0.265. The molecule has 2 aliphatic rings. The van der Waals surface area contributed by atoms with Crippen molar-refractivity contribution in [3.05, 3.63) is 88.6 Å². The van der Waals surface area contributed by atoms with Crippen LogP contribution in [-0.4, -0.2) is 53.0 Å². The van der Waals surface area contributed by atoms with Crippen LogP contribution in [0.25, 0.3) is 5.57 Å². The van der Waals surface area contributed by atoms with Gasteiger partial charge in [0, 0.05) is 31.6 Å². The van der Waals surface area contributed by atoms with Gasteiger partial charge in [0.05, 0.1) is 4.88 Å². The highest BCUT2D eigenvalue weighted by Gasteiger charge is 2.52. The minimum Gasteiger partial charge on any atom is -0.448 e. The van der Waals surface area contributed by atoms with Crippen LogP contribution in [0, 0.1) is 0 Å². The van der Waals surface area contributed by atoms with Gasteiger partial charge in [0.15, 0.2) is 11.2 Å². The summed E-state index contributed by atoms with van der Waals surface area (Å²) in [7, 11) is 3.83. The Labute approximate surface area is 206 Å². The van der Waals surface area contributed by atoms with Crippen molar-refractivity contribution in [1.29, 1.82) is 0 Å². The number of rotatable bonds is 6. The van der Waals surface area contributed by atoms with E-state index < -0.39 is 18.1 Å². The number of hydrogen-bond acceptors (Lipinski definition) is 8. The Morgan fingerprint density at radius 1 is 1.12 bits per heavy atom. The Bertz CT molecular complexity index is 1200. The molecule has 1 saturated heterocycles. The zero-order valence-electron chi connectivity index (χ0n) is 18.8. The summed E-state index contributed by atoms with van der Waals surface area (Å²) in [6, 6.07) is 18.6. The van der Waals surface area contributed by atoms with Gasteiger partial charge in [-0.05, 0) is 11.1 Å². The standard InChI is InChI=1S/C25H24N4O3S2/c1-28(2)25-27-13-18(34-25)17-14-33-23-19(26)22(30)29(23)20(17)24(31)32-21(15-9-5-3-6-10-15)16-11-7-4-8-12-16/h3-13,19,21,23H,14,26H2,1-2H3. The predicted octanol–water partition coefficient (Wildman–Crippen LogP) is 3.50. The number of benzene rings is 2. The van der Waals surface area contributed by atoms with Crippen molar-refractivity contribution in [3.8, 4) is 0 Å². The highest BCUT2D eigenvalue weighted by atomic mass is 32.2.